The van der Waals surface area contributed by atoms with Gasteiger partial charge in [-0.25, -0.2) is 13.4 Å². The van der Waals surface area contributed by atoms with E-state index in [1.54, 1.807) is 23.6 Å². The van der Waals surface area contributed by atoms with E-state index in [1.807, 2.05) is 36.0 Å². The van der Waals surface area contributed by atoms with Crippen molar-refractivity contribution in [2.75, 3.05) is 10.0 Å². The van der Waals surface area contributed by atoms with Crippen LogP contribution in [-0.2, 0) is 17.1 Å². The summed E-state index contributed by atoms with van der Waals surface area (Å²) < 4.78 is 29.1. The molecule has 0 unspecified atom stereocenters. The second-order valence-electron chi connectivity index (χ2n) is 6.12. The number of rotatable bonds is 5. The zero-order chi connectivity index (χ0) is 19.7. The summed E-state index contributed by atoms with van der Waals surface area (Å²) in [6.07, 6.45) is 3.46. The van der Waals surface area contributed by atoms with Crippen LogP contribution < -0.4 is 10.0 Å². The van der Waals surface area contributed by atoms with Gasteiger partial charge in [-0.05, 0) is 47.9 Å². The van der Waals surface area contributed by atoms with Crippen molar-refractivity contribution >= 4 is 49.0 Å². The molecule has 0 spiro atoms. The van der Waals surface area contributed by atoms with Crippen LogP contribution in [0, 0.1) is 0 Å². The Bertz CT molecular complexity index is 1240. The molecule has 9 heteroatoms. The topological polar surface area (TPSA) is 93.1 Å². The second-order valence-corrected chi connectivity index (χ2v) is 8.70. The molecule has 1 amide bonds. The molecule has 2 aromatic heterocycles. The molecule has 0 bridgehead atoms. The Kier molecular flexibility index (Phi) is 4.62. The third-order valence-corrected chi connectivity index (χ3v) is 6.40. The lowest BCUT2D eigenvalue weighted by Gasteiger charge is -2.08. The second kappa shape index (κ2) is 7.10. The summed E-state index contributed by atoms with van der Waals surface area (Å²) in [5.74, 6) is -0.264. The normalized spacial score (nSPS) is 11.5. The molecular weight excluding hydrogens is 396 g/mol. The summed E-state index contributed by atoms with van der Waals surface area (Å²) in [5.41, 5.74) is 1.99. The molecule has 2 aromatic carbocycles. The Morgan fingerprint density at radius 3 is 2.61 bits per heavy atom. The lowest BCUT2D eigenvalue weighted by atomic mass is 10.1. The summed E-state index contributed by atoms with van der Waals surface area (Å²) in [4.78, 5) is 16.5. The number of benzene rings is 2. The SMILES string of the molecule is Cn1ccc2ccc(C(=O)Nc3ccc(S(=O)(=O)Nc4nccs4)cc3)cc21. The fraction of sp³-hybridized carbons (Fsp3) is 0.0526. The lowest BCUT2D eigenvalue weighted by Crippen LogP contribution is -2.14. The van der Waals surface area contributed by atoms with E-state index in [1.165, 1.54) is 29.7 Å². The Balaban J connectivity index is 1.50. The van der Waals surface area contributed by atoms with Crippen molar-refractivity contribution in [2.45, 2.75) is 4.90 Å². The van der Waals surface area contributed by atoms with Gasteiger partial charge in [-0.2, -0.15) is 0 Å². The molecule has 2 N–H and O–H groups in total. The number of nitrogens with one attached hydrogen (secondary N) is 2. The minimum Gasteiger partial charge on any atom is -0.351 e. The number of carbonyl (C=O) groups is 1. The number of amides is 1. The molecule has 0 aliphatic rings. The van der Waals surface area contributed by atoms with Crippen molar-refractivity contribution in [1.82, 2.24) is 9.55 Å². The summed E-state index contributed by atoms with van der Waals surface area (Å²) in [5, 5.41) is 5.83. The van der Waals surface area contributed by atoms with Gasteiger partial charge in [-0.1, -0.05) is 6.07 Å². The number of carbonyl (C=O) groups excluding carboxylic acids is 1. The van der Waals surface area contributed by atoms with Crippen LogP contribution in [0.15, 0.2) is 71.2 Å². The van der Waals surface area contributed by atoms with Crippen molar-refractivity contribution in [1.29, 1.82) is 0 Å². The predicted octanol–water partition coefficient (Wildman–Crippen LogP) is 3.69. The Morgan fingerprint density at radius 1 is 1.11 bits per heavy atom. The minimum atomic E-state index is -3.72. The molecule has 28 heavy (non-hydrogen) atoms. The number of aryl methyl sites for hydroxylation is 1. The summed E-state index contributed by atoms with van der Waals surface area (Å²) >= 11 is 1.20. The van der Waals surface area contributed by atoms with Gasteiger partial charge in [0.15, 0.2) is 5.13 Å². The van der Waals surface area contributed by atoms with E-state index in [-0.39, 0.29) is 10.8 Å². The monoisotopic (exact) mass is 412 g/mol. The van der Waals surface area contributed by atoms with Crippen molar-refractivity contribution in [2.24, 2.45) is 7.05 Å². The Morgan fingerprint density at radius 2 is 1.89 bits per heavy atom. The average Bonchev–Trinajstić information content (AvgIpc) is 3.31. The fourth-order valence-corrected chi connectivity index (χ4v) is 4.56. The van der Waals surface area contributed by atoms with Crippen molar-refractivity contribution in [3.8, 4) is 0 Å². The minimum absolute atomic E-state index is 0.0888. The number of hydrogen-bond acceptors (Lipinski definition) is 5. The average molecular weight is 412 g/mol. The molecule has 0 fully saturated rings. The van der Waals surface area contributed by atoms with Crippen LogP contribution in [0.4, 0.5) is 10.8 Å². The highest BCUT2D eigenvalue weighted by Crippen LogP contribution is 2.21. The number of sulfonamides is 1. The van der Waals surface area contributed by atoms with Crippen LogP contribution in [0.1, 0.15) is 10.4 Å². The number of aromatic nitrogens is 2. The fourth-order valence-electron chi connectivity index (χ4n) is 2.77. The van der Waals surface area contributed by atoms with Gasteiger partial charge in [0.05, 0.1) is 4.90 Å². The van der Waals surface area contributed by atoms with Gasteiger partial charge in [0.25, 0.3) is 15.9 Å². The van der Waals surface area contributed by atoms with Crippen LogP contribution in [0.3, 0.4) is 0 Å². The first-order chi connectivity index (χ1) is 13.4. The van der Waals surface area contributed by atoms with Gasteiger partial charge < -0.3 is 9.88 Å². The number of nitrogens with zero attached hydrogens (tertiary/aromatic N) is 2. The van der Waals surface area contributed by atoms with Crippen LogP contribution in [0.25, 0.3) is 10.9 Å². The third kappa shape index (κ3) is 3.62. The van der Waals surface area contributed by atoms with Crippen LogP contribution in [0.2, 0.25) is 0 Å². The molecule has 4 rings (SSSR count). The highest BCUT2D eigenvalue weighted by Gasteiger charge is 2.16. The van der Waals surface area contributed by atoms with E-state index in [2.05, 4.69) is 15.0 Å². The van der Waals surface area contributed by atoms with E-state index in [0.717, 1.165) is 10.9 Å². The maximum atomic E-state index is 12.5. The van der Waals surface area contributed by atoms with E-state index in [0.29, 0.717) is 16.4 Å². The maximum absolute atomic E-state index is 12.5. The number of fused-ring (bicyclic) bond motifs is 1. The molecule has 0 radical (unpaired) electrons. The first-order valence-corrected chi connectivity index (χ1v) is 10.7. The van der Waals surface area contributed by atoms with E-state index in [9.17, 15) is 13.2 Å². The number of anilines is 2. The molecule has 142 valence electrons. The first kappa shape index (κ1) is 18.2. The highest BCUT2D eigenvalue weighted by molar-refractivity contribution is 7.93. The molecule has 0 atom stereocenters. The van der Waals surface area contributed by atoms with Crippen molar-refractivity contribution < 1.29 is 13.2 Å². The Hall–Kier alpha value is -3.17. The van der Waals surface area contributed by atoms with Gasteiger partial charge in [0.1, 0.15) is 0 Å². The molecular formula is C19H16N4O3S2. The summed E-state index contributed by atoms with van der Waals surface area (Å²) in [6.45, 7) is 0. The van der Waals surface area contributed by atoms with E-state index < -0.39 is 10.0 Å². The molecule has 0 aliphatic heterocycles. The van der Waals surface area contributed by atoms with E-state index in [4.69, 9.17) is 0 Å². The van der Waals surface area contributed by atoms with Gasteiger partial charge in [0, 0.05) is 41.6 Å². The van der Waals surface area contributed by atoms with Crippen LogP contribution >= 0.6 is 11.3 Å². The van der Waals surface area contributed by atoms with Crippen molar-refractivity contribution in [3.63, 3.8) is 0 Å². The highest BCUT2D eigenvalue weighted by atomic mass is 32.2. The van der Waals surface area contributed by atoms with Crippen molar-refractivity contribution in [3.05, 3.63) is 71.9 Å². The largest absolute Gasteiger partial charge is 0.351 e. The standard InChI is InChI=1S/C19H16N4O3S2/c1-23-10-8-13-2-3-14(12-17(13)23)18(24)21-15-4-6-16(7-5-15)28(25,26)22-19-20-9-11-27-19/h2-12H,1H3,(H,20,22)(H,21,24). The third-order valence-electron chi connectivity index (χ3n) is 4.23. The molecule has 7 nitrogen and oxygen atoms in total. The molecule has 0 aliphatic carbocycles. The van der Waals surface area contributed by atoms with Gasteiger partial charge in [0.2, 0.25) is 0 Å². The van der Waals surface area contributed by atoms with Crippen LogP contribution in [0.5, 0.6) is 0 Å². The summed E-state index contributed by atoms with van der Waals surface area (Å²) in [6, 6.07) is 13.4. The zero-order valence-corrected chi connectivity index (χ0v) is 16.4. The number of hydrogen-bond donors (Lipinski definition) is 2. The molecule has 0 saturated carbocycles. The maximum Gasteiger partial charge on any atom is 0.263 e. The first-order valence-electron chi connectivity index (χ1n) is 8.31. The smallest absolute Gasteiger partial charge is 0.263 e. The predicted molar refractivity (Wildman–Crippen MR) is 110 cm³/mol. The lowest BCUT2D eigenvalue weighted by molar-refractivity contribution is 0.102. The molecule has 0 saturated heterocycles. The molecule has 2 heterocycles. The molecule has 4 aromatic rings. The zero-order valence-electron chi connectivity index (χ0n) is 14.8. The van der Waals surface area contributed by atoms with Crippen LogP contribution in [-0.4, -0.2) is 23.9 Å². The summed E-state index contributed by atoms with van der Waals surface area (Å²) in [7, 11) is -1.80. The van der Waals surface area contributed by atoms with Gasteiger partial charge >= 0.3 is 0 Å². The Labute approximate surface area is 165 Å². The van der Waals surface area contributed by atoms with E-state index >= 15 is 0 Å². The van der Waals surface area contributed by atoms with Gasteiger partial charge in [-0.3, -0.25) is 9.52 Å². The number of thiazole rings is 1. The quantitative estimate of drug-likeness (QED) is 0.523. The van der Waals surface area contributed by atoms with Gasteiger partial charge in [-0.15, -0.1) is 11.3 Å².